The van der Waals surface area contributed by atoms with Crippen LogP contribution in [-0.2, 0) is 9.53 Å². The van der Waals surface area contributed by atoms with Crippen molar-refractivity contribution in [2.75, 3.05) is 12.9 Å². The minimum absolute atomic E-state index is 0.178. The fourth-order valence-electron chi connectivity index (χ4n) is 1.12. The number of carbonyl (C=O) groups excluding carboxylic acids is 1. The van der Waals surface area contributed by atoms with Gasteiger partial charge in [-0.1, -0.05) is 23.4 Å². The maximum atomic E-state index is 10.9. The summed E-state index contributed by atoms with van der Waals surface area (Å²) in [4.78, 5) is 15.1. The first-order chi connectivity index (χ1) is 7.69. The molecule has 0 fully saturated rings. The third-order valence-electron chi connectivity index (χ3n) is 1.87. The Bertz CT molecular complexity index is 526. The zero-order valence-electron chi connectivity index (χ0n) is 8.40. The van der Waals surface area contributed by atoms with Gasteiger partial charge in [0, 0.05) is 5.02 Å². The zero-order valence-corrected chi connectivity index (χ0v) is 9.97. The summed E-state index contributed by atoms with van der Waals surface area (Å²) in [6, 6.07) is 5.18. The van der Waals surface area contributed by atoms with E-state index < -0.39 is 0 Å². The summed E-state index contributed by atoms with van der Waals surface area (Å²) in [6.07, 6.45) is 0. The third-order valence-corrected chi connectivity index (χ3v) is 2.91. The number of carbonyl (C=O) groups is 1. The number of methoxy groups -OCH3 is 1. The third kappa shape index (κ3) is 2.48. The van der Waals surface area contributed by atoms with Gasteiger partial charge in [-0.3, -0.25) is 4.79 Å². The van der Waals surface area contributed by atoms with Gasteiger partial charge in [-0.25, -0.2) is 4.98 Å². The lowest BCUT2D eigenvalue weighted by atomic mass is 10.3. The Labute approximate surface area is 101 Å². The number of aromatic nitrogens is 1. The summed E-state index contributed by atoms with van der Waals surface area (Å²) in [5, 5.41) is 1.04. The van der Waals surface area contributed by atoms with Gasteiger partial charge < -0.3 is 9.15 Å². The van der Waals surface area contributed by atoms with Crippen LogP contribution in [0.25, 0.3) is 11.1 Å². The SMILES string of the molecule is COC(=O)CSc1nc2cc(Cl)ccc2o1. The molecule has 0 aliphatic carbocycles. The van der Waals surface area contributed by atoms with Crippen LogP contribution >= 0.6 is 23.4 Å². The molecule has 0 saturated carbocycles. The van der Waals surface area contributed by atoms with Crippen LogP contribution in [0.2, 0.25) is 5.02 Å². The number of halogens is 1. The van der Waals surface area contributed by atoms with Crippen molar-refractivity contribution in [1.29, 1.82) is 0 Å². The molecule has 1 aromatic carbocycles. The van der Waals surface area contributed by atoms with Crippen LogP contribution in [0.1, 0.15) is 0 Å². The number of esters is 1. The molecule has 0 radical (unpaired) electrons. The molecule has 0 aliphatic heterocycles. The van der Waals surface area contributed by atoms with Crippen LogP contribution in [-0.4, -0.2) is 23.8 Å². The van der Waals surface area contributed by atoms with Gasteiger partial charge >= 0.3 is 5.97 Å². The largest absolute Gasteiger partial charge is 0.468 e. The van der Waals surface area contributed by atoms with Gasteiger partial charge in [0.2, 0.25) is 0 Å². The number of nitrogens with zero attached hydrogens (tertiary/aromatic N) is 1. The lowest BCUT2D eigenvalue weighted by molar-refractivity contribution is -0.137. The summed E-state index contributed by atoms with van der Waals surface area (Å²) in [6.45, 7) is 0. The second-order valence-electron chi connectivity index (χ2n) is 2.96. The van der Waals surface area contributed by atoms with E-state index in [2.05, 4.69) is 9.72 Å². The summed E-state index contributed by atoms with van der Waals surface area (Å²) < 4.78 is 9.92. The Morgan fingerprint density at radius 2 is 2.44 bits per heavy atom. The first-order valence-corrected chi connectivity index (χ1v) is 5.81. The number of hydrogen-bond donors (Lipinski definition) is 0. The number of rotatable bonds is 3. The first kappa shape index (κ1) is 11.3. The first-order valence-electron chi connectivity index (χ1n) is 4.45. The van der Waals surface area contributed by atoms with Gasteiger partial charge in [0.1, 0.15) is 11.3 Å². The van der Waals surface area contributed by atoms with Gasteiger partial charge in [0.15, 0.2) is 5.58 Å². The van der Waals surface area contributed by atoms with E-state index in [0.29, 0.717) is 21.3 Å². The van der Waals surface area contributed by atoms with Crippen LogP contribution in [0, 0.1) is 0 Å². The van der Waals surface area contributed by atoms with E-state index in [1.807, 2.05) is 0 Å². The highest BCUT2D eigenvalue weighted by atomic mass is 35.5. The molecular weight excluding hydrogens is 250 g/mol. The van der Waals surface area contributed by atoms with Gasteiger partial charge in [-0.2, -0.15) is 0 Å². The maximum absolute atomic E-state index is 10.9. The zero-order chi connectivity index (χ0) is 11.5. The Hall–Kier alpha value is -1.20. The van der Waals surface area contributed by atoms with Crippen LogP contribution in [0.5, 0.6) is 0 Å². The van der Waals surface area contributed by atoms with Crippen molar-refractivity contribution >= 4 is 40.4 Å². The molecule has 0 spiro atoms. The van der Waals surface area contributed by atoms with E-state index in [-0.39, 0.29) is 11.7 Å². The standard InChI is InChI=1S/C10H8ClNO3S/c1-14-9(13)5-16-10-12-7-4-6(11)2-3-8(7)15-10/h2-4H,5H2,1H3. The van der Waals surface area contributed by atoms with Crippen molar-refractivity contribution in [3.05, 3.63) is 23.2 Å². The van der Waals surface area contributed by atoms with Crippen molar-refractivity contribution in [2.24, 2.45) is 0 Å². The predicted octanol–water partition coefficient (Wildman–Crippen LogP) is 2.75. The molecule has 16 heavy (non-hydrogen) atoms. The number of oxazole rings is 1. The Kier molecular flexibility index (Phi) is 3.36. The van der Waals surface area contributed by atoms with Gasteiger partial charge in [0.25, 0.3) is 5.22 Å². The van der Waals surface area contributed by atoms with E-state index in [4.69, 9.17) is 16.0 Å². The number of fused-ring (bicyclic) bond motifs is 1. The molecule has 0 N–H and O–H groups in total. The van der Waals surface area contributed by atoms with Crippen molar-refractivity contribution in [2.45, 2.75) is 5.22 Å². The minimum atomic E-state index is -0.315. The molecule has 0 atom stereocenters. The lowest BCUT2D eigenvalue weighted by Crippen LogP contribution is -2.02. The Balaban J connectivity index is 2.16. The summed E-state index contributed by atoms with van der Waals surface area (Å²) in [5.41, 5.74) is 1.33. The average Bonchev–Trinajstić information content (AvgIpc) is 2.67. The molecule has 84 valence electrons. The second kappa shape index (κ2) is 4.76. The number of ether oxygens (including phenoxy) is 1. The van der Waals surface area contributed by atoms with Crippen molar-refractivity contribution < 1.29 is 13.9 Å². The second-order valence-corrected chi connectivity index (χ2v) is 4.32. The molecule has 1 aromatic heterocycles. The molecule has 0 saturated heterocycles. The van der Waals surface area contributed by atoms with E-state index in [0.717, 1.165) is 0 Å². The number of hydrogen-bond acceptors (Lipinski definition) is 5. The molecule has 0 unspecified atom stereocenters. The molecule has 0 bridgehead atoms. The maximum Gasteiger partial charge on any atom is 0.316 e. The quantitative estimate of drug-likeness (QED) is 0.625. The molecule has 0 amide bonds. The highest BCUT2D eigenvalue weighted by molar-refractivity contribution is 7.99. The van der Waals surface area contributed by atoms with E-state index in [9.17, 15) is 4.79 Å². The molecule has 0 aliphatic rings. The van der Waals surface area contributed by atoms with E-state index in [1.54, 1.807) is 18.2 Å². The highest BCUT2D eigenvalue weighted by Crippen LogP contribution is 2.25. The fourth-order valence-corrected chi connectivity index (χ4v) is 1.96. The summed E-state index contributed by atoms with van der Waals surface area (Å²) >= 11 is 7.00. The predicted molar refractivity (Wildman–Crippen MR) is 61.8 cm³/mol. The van der Waals surface area contributed by atoms with Crippen molar-refractivity contribution in [3.63, 3.8) is 0 Å². The fraction of sp³-hybridized carbons (Fsp3) is 0.200. The minimum Gasteiger partial charge on any atom is -0.468 e. The van der Waals surface area contributed by atoms with Gasteiger partial charge in [-0.05, 0) is 18.2 Å². The molecule has 1 heterocycles. The van der Waals surface area contributed by atoms with Gasteiger partial charge in [-0.15, -0.1) is 0 Å². The normalized spacial score (nSPS) is 10.6. The number of benzene rings is 1. The van der Waals surface area contributed by atoms with E-state index in [1.165, 1.54) is 18.9 Å². The average molecular weight is 258 g/mol. The van der Waals surface area contributed by atoms with Crippen molar-refractivity contribution in [1.82, 2.24) is 4.98 Å². The number of thioether (sulfide) groups is 1. The summed E-state index contributed by atoms with van der Waals surface area (Å²) in [7, 11) is 1.34. The molecule has 2 aromatic rings. The highest BCUT2D eigenvalue weighted by Gasteiger charge is 2.09. The van der Waals surface area contributed by atoms with Crippen LogP contribution < -0.4 is 0 Å². The Morgan fingerprint density at radius 3 is 3.19 bits per heavy atom. The lowest BCUT2D eigenvalue weighted by Gasteiger charge is -1.94. The monoisotopic (exact) mass is 257 g/mol. The smallest absolute Gasteiger partial charge is 0.316 e. The molecular formula is C10H8ClNO3S. The van der Waals surface area contributed by atoms with Crippen molar-refractivity contribution in [3.8, 4) is 0 Å². The van der Waals surface area contributed by atoms with Crippen LogP contribution in [0.15, 0.2) is 27.8 Å². The van der Waals surface area contributed by atoms with Gasteiger partial charge in [0.05, 0.1) is 7.11 Å². The molecule has 6 heteroatoms. The van der Waals surface area contributed by atoms with Crippen LogP contribution in [0.3, 0.4) is 0 Å². The molecule has 2 rings (SSSR count). The Morgan fingerprint density at radius 1 is 1.62 bits per heavy atom. The topological polar surface area (TPSA) is 52.3 Å². The van der Waals surface area contributed by atoms with Crippen LogP contribution in [0.4, 0.5) is 0 Å². The summed E-state index contributed by atoms with van der Waals surface area (Å²) in [5.74, 6) is -0.137. The molecule has 4 nitrogen and oxygen atoms in total. The van der Waals surface area contributed by atoms with E-state index >= 15 is 0 Å².